The van der Waals surface area contributed by atoms with Gasteiger partial charge in [-0.15, -0.1) is 0 Å². The van der Waals surface area contributed by atoms with Gasteiger partial charge in [-0.2, -0.15) is 0 Å². The highest BCUT2D eigenvalue weighted by Crippen LogP contribution is 2.13. The maximum Gasteiger partial charge on any atom is 0.218 e. The summed E-state index contributed by atoms with van der Waals surface area (Å²) in [6, 6.07) is 8.23. The summed E-state index contributed by atoms with van der Waals surface area (Å²) in [5, 5.41) is 3.35. The molecule has 0 atom stereocenters. The van der Waals surface area contributed by atoms with Crippen molar-refractivity contribution in [1.29, 1.82) is 0 Å². The second kappa shape index (κ2) is 8.51. The topological polar surface area (TPSA) is 49.4 Å². The van der Waals surface area contributed by atoms with Crippen LogP contribution in [0.3, 0.4) is 0 Å². The van der Waals surface area contributed by atoms with Crippen LogP contribution < -0.4 is 5.32 Å². The molecule has 4 nitrogen and oxygen atoms in total. The van der Waals surface area contributed by atoms with Crippen molar-refractivity contribution >= 4 is 10.0 Å². The van der Waals surface area contributed by atoms with E-state index < -0.39 is 10.0 Å². The van der Waals surface area contributed by atoms with E-state index in [1.807, 2.05) is 38.1 Å². The molecule has 0 radical (unpaired) electrons. The number of hydrogen-bond donors (Lipinski definition) is 1. The van der Waals surface area contributed by atoms with Crippen molar-refractivity contribution in [3.63, 3.8) is 0 Å². The highest BCUT2D eigenvalue weighted by molar-refractivity contribution is 7.88. The molecule has 1 aromatic carbocycles. The Morgan fingerprint density at radius 1 is 1.19 bits per heavy atom. The fraction of sp³-hybridized carbons (Fsp3) is 0.625. The first-order chi connectivity index (χ1) is 9.89. The first-order valence-electron chi connectivity index (χ1n) is 7.68. The smallest absolute Gasteiger partial charge is 0.218 e. The lowest BCUT2D eigenvalue weighted by Gasteiger charge is -2.20. The van der Waals surface area contributed by atoms with E-state index in [0.717, 1.165) is 24.1 Å². The lowest BCUT2D eigenvalue weighted by atomic mass is 10.1. The molecular weight excluding hydrogens is 284 g/mol. The van der Waals surface area contributed by atoms with Crippen molar-refractivity contribution < 1.29 is 8.42 Å². The molecule has 0 saturated carbocycles. The zero-order chi connectivity index (χ0) is 15.9. The van der Waals surface area contributed by atoms with E-state index in [4.69, 9.17) is 0 Å². The summed E-state index contributed by atoms with van der Waals surface area (Å²) in [5.74, 6) is 0.0797. The third-order valence-corrected chi connectivity index (χ3v) is 5.20. The van der Waals surface area contributed by atoms with Gasteiger partial charge in [0.25, 0.3) is 0 Å². The standard InChI is InChI=1S/C16H28N2O2S/c1-5-10-18(6-2)21(19,20)13-16-9-7-8-15(11-16)12-17-14(3)4/h7-9,11,14,17H,5-6,10,12-13H2,1-4H3. The summed E-state index contributed by atoms with van der Waals surface area (Å²) in [5.41, 5.74) is 1.97. The lowest BCUT2D eigenvalue weighted by Crippen LogP contribution is -2.32. The minimum absolute atomic E-state index is 0.0797. The van der Waals surface area contributed by atoms with E-state index >= 15 is 0 Å². The molecule has 5 heteroatoms. The molecular formula is C16H28N2O2S. The van der Waals surface area contributed by atoms with Gasteiger partial charge in [-0.05, 0) is 17.5 Å². The van der Waals surface area contributed by atoms with Crippen LogP contribution in [0.15, 0.2) is 24.3 Å². The maximum absolute atomic E-state index is 12.4. The molecule has 21 heavy (non-hydrogen) atoms. The van der Waals surface area contributed by atoms with Crippen molar-refractivity contribution in [1.82, 2.24) is 9.62 Å². The van der Waals surface area contributed by atoms with Crippen LogP contribution in [-0.2, 0) is 22.3 Å². The molecule has 0 aliphatic carbocycles. The highest BCUT2D eigenvalue weighted by Gasteiger charge is 2.20. The molecule has 0 heterocycles. The second-order valence-corrected chi connectivity index (χ2v) is 7.57. The summed E-state index contributed by atoms with van der Waals surface area (Å²) >= 11 is 0. The molecule has 0 fully saturated rings. The molecule has 0 amide bonds. The SMILES string of the molecule is CCCN(CC)S(=O)(=O)Cc1cccc(CNC(C)C)c1. The Morgan fingerprint density at radius 2 is 1.86 bits per heavy atom. The van der Waals surface area contributed by atoms with Crippen molar-refractivity contribution in [2.24, 2.45) is 0 Å². The predicted molar refractivity (Wildman–Crippen MR) is 88.6 cm³/mol. The third-order valence-electron chi connectivity index (χ3n) is 3.27. The number of benzene rings is 1. The summed E-state index contributed by atoms with van der Waals surface area (Å²) in [4.78, 5) is 0. The lowest BCUT2D eigenvalue weighted by molar-refractivity contribution is 0.426. The molecule has 1 N–H and O–H groups in total. The van der Waals surface area contributed by atoms with Gasteiger partial charge >= 0.3 is 0 Å². The van der Waals surface area contributed by atoms with Crippen LogP contribution in [0, 0.1) is 0 Å². The average molecular weight is 312 g/mol. The van der Waals surface area contributed by atoms with Crippen LogP contribution >= 0.6 is 0 Å². The number of hydrogen-bond acceptors (Lipinski definition) is 3. The Labute approximate surface area is 129 Å². The average Bonchev–Trinajstić information content (AvgIpc) is 2.42. The summed E-state index contributed by atoms with van der Waals surface area (Å²) in [7, 11) is -3.22. The monoisotopic (exact) mass is 312 g/mol. The predicted octanol–water partition coefficient (Wildman–Crippen LogP) is 2.75. The van der Waals surface area contributed by atoms with Crippen LogP contribution in [0.2, 0.25) is 0 Å². The quantitative estimate of drug-likeness (QED) is 0.763. The fourth-order valence-corrected chi connectivity index (χ4v) is 3.83. The molecule has 0 spiro atoms. The van der Waals surface area contributed by atoms with E-state index in [1.54, 1.807) is 4.31 Å². The Kier molecular flexibility index (Phi) is 7.35. The number of sulfonamides is 1. The third kappa shape index (κ3) is 6.16. The molecule has 1 rings (SSSR count). The molecule has 0 saturated heterocycles. The number of nitrogens with zero attached hydrogens (tertiary/aromatic N) is 1. The number of nitrogens with one attached hydrogen (secondary N) is 1. The second-order valence-electron chi connectivity index (χ2n) is 5.60. The minimum atomic E-state index is -3.22. The summed E-state index contributed by atoms with van der Waals surface area (Å²) < 4.78 is 26.4. The van der Waals surface area contributed by atoms with Gasteiger partial charge in [0, 0.05) is 25.7 Å². The molecule has 0 aliphatic heterocycles. The fourth-order valence-electron chi connectivity index (χ4n) is 2.20. The van der Waals surface area contributed by atoms with E-state index in [-0.39, 0.29) is 5.75 Å². The van der Waals surface area contributed by atoms with Crippen molar-refractivity contribution in [2.75, 3.05) is 13.1 Å². The zero-order valence-electron chi connectivity index (χ0n) is 13.6. The molecule has 0 aromatic heterocycles. The summed E-state index contributed by atoms with van der Waals surface area (Å²) in [6.45, 7) is 9.96. The Morgan fingerprint density at radius 3 is 2.43 bits per heavy atom. The van der Waals surface area contributed by atoms with Gasteiger partial charge in [0.05, 0.1) is 5.75 Å². The van der Waals surface area contributed by atoms with Crippen LogP contribution in [0.25, 0.3) is 0 Å². The van der Waals surface area contributed by atoms with E-state index in [0.29, 0.717) is 19.1 Å². The van der Waals surface area contributed by atoms with Gasteiger partial charge in [0.1, 0.15) is 0 Å². The minimum Gasteiger partial charge on any atom is -0.310 e. The Balaban J connectivity index is 2.80. The molecule has 0 aliphatic rings. The first-order valence-corrected chi connectivity index (χ1v) is 9.29. The maximum atomic E-state index is 12.4. The van der Waals surface area contributed by atoms with E-state index in [9.17, 15) is 8.42 Å². The zero-order valence-corrected chi connectivity index (χ0v) is 14.4. The summed E-state index contributed by atoms with van der Waals surface area (Å²) in [6.07, 6.45) is 0.839. The number of rotatable bonds is 9. The molecule has 1 aromatic rings. The normalized spacial score (nSPS) is 12.3. The highest BCUT2D eigenvalue weighted by atomic mass is 32.2. The van der Waals surface area contributed by atoms with Crippen LogP contribution in [0.1, 0.15) is 45.2 Å². The van der Waals surface area contributed by atoms with Crippen molar-refractivity contribution in [3.8, 4) is 0 Å². The van der Waals surface area contributed by atoms with Gasteiger partial charge in [-0.25, -0.2) is 12.7 Å². The van der Waals surface area contributed by atoms with E-state index in [1.165, 1.54) is 0 Å². The van der Waals surface area contributed by atoms with Gasteiger partial charge in [0.15, 0.2) is 0 Å². The van der Waals surface area contributed by atoms with Crippen molar-refractivity contribution in [2.45, 2.75) is 52.5 Å². The van der Waals surface area contributed by atoms with Crippen LogP contribution in [-0.4, -0.2) is 31.9 Å². The van der Waals surface area contributed by atoms with Gasteiger partial charge < -0.3 is 5.32 Å². The van der Waals surface area contributed by atoms with Crippen molar-refractivity contribution in [3.05, 3.63) is 35.4 Å². The molecule has 0 bridgehead atoms. The largest absolute Gasteiger partial charge is 0.310 e. The van der Waals surface area contributed by atoms with Gasteiger partial charge in [-0.3, -0.25) is 0 Å². The van der Waals surface area contributed by atoms with Gasteiger partial charge in [0.2, 0.25) is 10.0 Å². The van der Waals surface area contributed by atoms with Crippen LogP contribution in [0.4, 0.5) is 0 Å². The Hall–Kier alpha value is -0.910. The first kappa shape index (κ1) is 18.1. The van der Waals surface area contributed by atoms with Gasteiger partial charge in [-0.1, -0.05) is 52.0 Å². The van der Waals surface area contributed by atoms with Crippen LogP contribution in [0.5, 0.6) is 0 Å². The molecule has 0 unspecified atom stereocenters. The Bertz CT molecular complexity index is 527. The van der Waals surface area contributed by atoms with E-state index in [2.05, 4.69) is 19.2 Å². The molecule has 120 valence electrons.